The van der Waals surface area contributed by atoms with Crippen LogP contribution in [0.3, 0.4) is 0 Å². The molecule has 118 valence electrons. The first-order valence-corrected chi connectivity index (χ1v) is 7.85. The van der Waals surface area contributed by atoms with Gasteiger partial charge in [0.25, 0.3) is 0 Å². The van der Waals surface area contributed by atoms with E-state index in [9.17, 15) is 4.79 Å². The van der Waals surface area contributed by atoms with Crippen LogP contribution in [0.2, 0.25) is 0 Å². The number of aromatic nitrogens is 1. The van der Waals surface area contributed by atoms with Gasteiger partial charge in [-0.15, -0.1) is 0 Å². The van der Waals surface area contributed by atoms with Crippen molar-refractivity contribution in [3.05, 3.63) is 71.9 Å². The molecule has 0 saturated heterocycles. The minimum absolute atomic E-state index is 0.0244. The molecule has 0 aliphatic rings. The molecule has 0 aliphatic carbocycles. The molecule has 1 amide bonds. The summed E-state index contributed by atoms with van der Waals surface area (Å²) in [5.74, 6) is 0.0244. The van der Waals surface area contributed by atoms with Gasteiger partial charge in [-0.1, -0.05) is 25.1 Å². The van der Waals surface area contributed by atoms with Gasteiger partial charge in [0, 0.05) is 23.7 Å². The summed E-state index contributed by atoms with van der Waals surface area (Å²) in [5, 5.41) is 10.1. The van der Waals surface area contributed by atoms with Gasteiger partial charge in [-0.05, 0) is 42.0 Å². The van der Waals surface area contributed by atoms with E-state index in [-0.39, 0.29) is 5.91 Å². The molecule has 0 atom stereocenters. The lowest BCUT2D eigenvalue weighted by Crippen LogP contribution is -2.29. The zero-order valence-corrected chi connectivity index (χ0v) is 13.4. The maximum atomic E-state index is 12.4. The van der Waals surface area contributed by atoms with E-state index in [1.807, 2.05) is 43.3 Å². The van der Waals surface area contributed by atoms with Crippen LogP contribution in [0.5, 0.6) is 0 Å². The SMILES string of the molecule is CCC(=O)N(Cc1ccc2ncccc2c1)c1cccc(C#N)c1. The van der Waals surface area contributed by atoms with Gasteiger partial charge in [0.15, 0.2) is 0 Å². The molecule has 1 heterocycles. The third kappa shape index (κ3) is 3.26. The first-order chi connectivity index (χ1) is 11.7. The van der Waals surface area contributed by atoms with E-state index < -0.39 is 0 Å². The van der Waals surface area contributed by atoms with Crippen molar-refractivity contribution in [3.8, 4) is 6.07 Å². The number of fused-ring (bicyclic) bond motifs is 1. The summed E-state index contributed by atoms with van der Waals surface area (Å²) in [6, 6.07) is 19.2. The Bertz CT molecular complexity index is 927. The molecule has 3 aromatic rings. The zero-order valence-electron chi connectivity index (χ0n) is 13.4. The van der Waals surface area contributed by atoms with Gasteiger partial charge in [-0.2, -0.15) is 5.26 Å². The molecule has 1 aromatic heterocycles. The van der Waals surface area contributed by atoms with Crippen LogP contribution in [-0.4, -0.2) is 10.9 Å². The lowest BCUT2D eigenvalue weighted by atomic mass is 10.1. The maximum absolute atomic E-state index is 12.4. The van der Waals surface area contributed by atoms with Crippen LogP contribution in [0.1, 0.15) is 24.5 Å². The van der Waals surface area contributed by atoms with E-state index in [0.717, 1.165) is 22.2 Å². The lowest BCUT2D eigenvalue weighted by Gasteiger charge is -2.23. The van der Waals surface area contributed by atoms with E-state index in [0.29, 0.717) is 18.5 Å². The van der Waals surface area contributed by atoms with E-state index in [4.69, 9.17) is 5.26 Å². The highest BCUT2D eigenvalue weighted by Gasteiger charge is 2.15. The second-order valence-electron chi connectivity index (χ2n) is 5.53. The molecule has 0 N–H and O–H groups in total. The number of benzene rings is 2. The minimum atomic E-state index is 0.0244. The van der Waals surface area contributed by atoms with Crippen molar-refractivity contribution in [1.29, 1.82) is 5.26 Å². The van der Waals surface area contributed by atoms with Crippen molar-refractivity contribution in [2.24, 2.45) is 0 Å². The third-order valence-corrected chi connectivity index (χ3v) is 3.90. The normalized spacial score (nSPS) is 10.3. The van der Waals surface area contributed by atoms with Crippen molar-refractivity contribution in [2.75, 3.05) is 4.90 Å². The van der Waals surface area contributed by atoms with Crippen molar-refractivity contribution >= 4 is 22.5 Å². The van der Waals surface area contributed by atoms with Crippen LogP contribution in [0.4, 0.5) is 5.69 Å². The molecule has 0 radical (unpaired) electrons. The topological polar surface area (TPSA) is 57.0 Å². The van der Waals surface area contributed by atoms with Gasteiger partial charge in [-0.25, -0.2) is 0 Å². The number of carbonyl (C=O) groups excluding carboxylic acids is 1. The van der Waals surface area contributed by atoms with Crippen LogP contribution in [0.25, 0.3) is 10.9 Å². The van der Waals surface area contributed by atoms with Crippen LogP contribution >= 0.6 is 0 Å². The van der Waals surface area contributed by atoms with E-state index in [1.54, 1.807) is 29.3 Å². The second kappa shape index (κ2) is 6.93. The molecule has 0 aliphatic heterocycles. The number of pyridine rings is 1. The van der Waals surface area contributed by atoms with E-state index >= 15 is 0 Å². The van der Waals surface area contributed by atoms with Crippen LogP contribution in [0, 0.1) is 11.3 Å². The molecule has 0 saturated carbocycles. The second-order valence-corrected chi connectivity index (χ2v) is 5.53. The monoisotopic (exact) mass is 315 g/mol. The molecular formula is C20H17N3O. The molecule has 3 rings (SSSR count). The molecule has 4 nitrogen and oxygen atoms in total. The Kier molecular flexibility index (Phi) is 4.53. The molecule has 0 spiro atoms. The zero-order chi connectivity index (χ0) is 16.9. The number of carbonyl (C=O) groups is 1. The van der Waals surface area contributed by atoms with Gasteiger partial charge in [0.05, 0.1) is 23.7 Å². The summed E-state index contributed by atoms with van der Waals surface area (Å²) in [5.41, 5.74) is 3.25. The van der Waals surface area contributed by atoms with Crippen molar-refractivity contribution in [1.82, 2.24) is 4.98 Å². The third-order valence-electron chi connectivity index (χ3n) is 3.90. The van der Waals surface area contributed by atoms with Gasteiger partial charge in [-0.3, -0.25) is 9.78 Å². The summed E-state index contributed by atoms with van der Waals surface area (Å²) in [7, 11) is 0. The molecule has 24 heavy (non-hydrogen) atoms. The predicted octanol–water partition coefficient (Wildman–Crippen LogP) is 4.05. The minimum Gasteiger partial charge on any atom is -0.308 e. The standard InChI is InChI=1S/C20H17N3O/c1-2-20(24)23(18-7-3-5-15(12-18)13-21)14-16-8-9-19-17(11-16)6-4-10-22-19/h3-12H,2,14H2,1H3. The maximum Gasteiger partial charge on any atom is 0.227 e. The van der Waals surface area contributed by atoms with Crippen LogP contribution in [0.15, 0.2) is 60.8 Å². The highest BCUT2D eigenvalue weighted by molar-refractivity contribution is 5.93. The number of amides is 1. The first kappa shape index (κ1) is 15.7. The van der Waals surface area contributed by atoms with Crippen molar-refractivity contribution in [3.63, 3.8) is 0 Å². The highest BCUT2D eigenvalue weighted by Crippen LogP contribution is 2.21. The Morgan fingerprint density at radius 1 is 1.17 bits per heavy atom. The van der Waals surface area contributed by atoms with Gasteiger partial charge in [0.2, 0.25) is 5.91 Å². The van der Waals surface area contributed by atoms with Gasteiger partial charge < -0.3 is 4.90 Å². The average Bonchev–Trinajstić information content (AvgIpc) is 2.65. The fourth-order valence-electron chi connectivity index (χ4n) is 2.66. The average molecular weight is 315 g/mol. The highest BCUT2D eigenvalue weighted by atomic mass is 16.2. The van der Waals surface area contributed by atoms with E-state index in [2.05, 4.69) is 11.1 Å². The quantitative estimate of drug-likeness (QED) is 0.730. The smallest absolute Gasteiger partial charge is 0.227 e. The summed E-state index contributed by atoms with van der Waals surface area (Å²) >= 11 is 0. The lowest BCUT2D eigenvalue weighted by molar-refractivity contribution is -0.118. The summed E-state index contributed by atoms with van der Waals surface area (Å²) in [6.45, 7) is 2.31. The number of rotatable bonds is 4. The fourth-order valence-corrected chi connectivity index (χ4v) is 2.66. The molecule has 0 fully saturated rings. The van der Waals surface area contributed by atoms with Crippen molar-refractivity contribution in [2.45, 2.75) is 19.9 Å². The molecule has 0 unspecified atom stereocenters. The Labute approximate surface area is 141 Å². The number of nitrogens with zero attached hydrogens (tertiary/aromatic N) is 3. The number of hydrogen-bond donors (Lipinski definition) is 0. The molecule has 2 aromatic carbocycles. The summed E-state index contributed by atoms with van der Waals surface area (Å²) < 4.78 is 0. The first-order valence-electron chi connectivity index (χ1n) is 7.85. The summed E-state index contributed by atoms with van der Waals surface area (Å²) in [4.78, 5) is 18.4. The fraction of sp³-hybridized carbons (Fsp3) is 0.150. The number of nitriles is 1. The Balaban J connectivity index is 1.96. The molecule has 0 bridgehead atoms. The van der Waals surface area contributed by atoms with Gasteiger partial charge in [0.1, 0.15) is 0 Å². The van der Waals surface area contributed by atoms with Crippen molar-refractivity contribution < 1.29 is 4.79 Å². The Morgan fingerprint density at radius 3 is 2.83 bits per heavy atom. The predicted molar refractivity (Wildman–Crippen MR) is 94.4 cm³/mol. The largest absolute Gasteiger partial charge is 0.308 e. The summed E-state index contributed by atoms with van der Waals surface area (Å²) in [6.07, 6.45) is 2.17. The number of hydrogen-bond acceptors (Lipinski definition) is 3. The Morgan fingerprint density at radius 2 is 2.04 bits per heavy atom. The van der Waals surface area contributed by atoms with E-state index in [1.165, 1.54) is 0 Å². The van der Waals surface area contributed by atoms with Crippen LogP contribution in [-0.2, 0) is 11.3 Å². The Hall–Kier alpha value is -3.19. The van der Waals surface area contributed by atoms with Crippen LogP contribution < -0.4 is 4.90 Å². The molecular weight excluding hydrogens is 298 g/mol. The number of anilines is 1. The molecule has 4 heteroatoms. The van der Waals surface area contributed by atoms with Gasteiger partial charge >= 0.3 is 0 Å².